The minimum absolute atomic E-state index is 0.250. The zero-order valence-electron chi connectivity index (χ0n) is 4.59. The fraction of sp³-hybridized carbons (Fsp3) is 1.00. The van der Waals surface area contributed by atoms with Crippen LogP contribution in [0.1, 0.15) is 0 Å². The summed E-state index contributed by atoms with van der Waals surface area (Å²) in [5.74, 6) is 0. The lowest BCUT2D eigenvalue weighted by Gasteiger charge is -2.09. The maximum atomic E-state index is 3.61. The van der Waals surface area contributed by atoms with Crippen molar-refractivity contribution in [2.24, 2.45) is 0 Å². The van der Waals surface area contributed by atoms with Crippen LogP contribution in [-0.2, 0) is 0 Å². The zero-order chi connectivity index (χ0) is 5.21. The van der Waals surface area contributed by atoms with E-state index < -0.39 is 0 Å². The highest BCUT2D eigenvalue weighted by atomic mass is 79.9. The summed E-state index contributed by atoms with van der Waals surface area (Å²) in [6.07, 6.45) is 0. The van der Waals surface area contributed by atoms with Gasteiger partial charge in [-0.15, -0.1) is 15.3 Å². The van der Waals surface area contributed by atoms with E-state index >= 15 is 0 Å². The van der Waals surface area contributed by atoms with Crippen LogP contribution in [0.3, 0.4) is 0 Å². The lowest BCUT2D eigenvalue weighted by Crippen LogP contribution is -2.16. The van der Waals surface area contributed by atoms with Crippen LogP contribution in [0.25, 0.3) is 0 Å². The van der Waals surface area contributed by atoms with Gasteiger partial charge < -0.3 is 0 Å². The van der Waals surface area contributed by atoms with Crippen molar-refractivity contribution >= 4 is 54.2 Å². The quantitative estimate of drug-likeness (QED) is 0.316. The zero-order valence-corrected chi connectivity index (χ0v) is 13.6. The van der Waals surface area contributed by atoms with E-state index in [0.29, 0.717) is 0 Å². The van der Waals surface area contributed by atoms with Crippen LogP contribution in [0.5, 0.6) is 0 Å². The molecule has 0 N–H and O–H groups in total. The molecule has 0 aliphatic rings. The Balaban J connectivity index is 3.17. The molecule has 0 unspecified atom stereocenters. The van der Waals surface area contributed by atoms with Crippen LogP contribution in [0.15, 0.2) is 0 Å². The van der Waals surface area contributed by atoms with E-state index in [1.54, 1.807) is 0 Å². The summed E-state index contributed by atoms with van der Waals surface area (Å²) < 4.78 is 1.01. The van der Waals surface area contributed by atoms with E-state index in [-0.39, 0.29) is 8.14 Å². The number of halogens is 1. The van der Waals surface area contributed by atoms with E-state index in [9.17, 15) is 0 Å². The molecule has 0 aliphatic carbocycles. The van der Waals surface area contributed by atoms with Gasteiger partial charge in [0.25, 0.3) is 0 Å². The Bertz CT molecular complexity index is 37.3. The Hall–Kier alpha value is 1.35. The molecule has 0 fully saturated rings. The van der Waals surface area contributed by atoms with Crippen molar-refractivity contribution in [3.8, 4) is 0 Å². The van der Waals surface area contributed by atoms with Gasteiger partial charge in [-0.1, -0.05) is 3.91 Å². The fourth-order valence-corrected chi connectivity index (χ4v) is 0. The minimum Gasteiger partial charge on any atom is -0.136 e. The van der Waals surface area contributed by atoms with Crippen molar-refractivity contribution < 1.29 is 0 Å². The molecule has 0 aliphatic heterocycles. The average molecular weight is 215 g/mol. The third-order valence-corrected chi connectivity index (χ3v) is 18.7. The predicted molar refractivity (Wildman–Crippen MR) is 50.0 cm³/mol. The molecule has 0 aromatic carbocycles. The number of rotatable bonds is 1. The third-order valence-electron chi connectivity index (χ3n) is 0.401. The van der Waals surface area contributed by atoms with Crippen LogP contribution in [0.2, 0.25) is 3.91 Å². The Kier molecular flexibility index (Phi) is 3.19. The second-order valence-corrected chi connectivity index (χ2v) is 25.1. The molecular formula is CH11BrSi4. The second-order valence-electron chi connectivity index (χ2n) is 2.69. The lowest BCUT2D eigenvalue weighted by molar-refractivity contribution is 1.70. The first-order valence-corrected chi connectivity index (χ1v) is 9.73. The average Bonchev–Trinajstić information content (AvgIpc) is 1.35. The molecular weight excluding hydrogens is 204 g/mol. The summed E-state index contributed by atoms with van der Waals surface area (Å²) in [6, 6.07) is 0. The van der Waals surface area contributed by atoms with Crippen molar-refractivity contribution in [2.45, 2.75) is 3.91 Å². The van der Waals surface area contributed by atoms with Crippen molar-refractivity contribution in [3.05, 3.63) is 0 Å². The van der Waals surface area contributed by atoms with Gasteiger partial charge in [0.05, 0.1) is 8.14 Å². The molecule has 38 valence electrons. The van der Waals surface area contributed by atoms with Crippen molar-refractivity contribution in [2.75, 3.05) is 0 Å². The van der Waals surface area contributed by atoms with E-state index in [4.69, 9.17) is 0 Å². The Morgan fingerprint density at radius 2 is 1.50 bits per heavy atom. The lowest BCUT2D eigenvalue weighted by atomic mass is 11.8. The number of hydrogen-bond acceptors (Lipinski definition) is 0. The van der Waals surface area contributed by atoms with Gasteiger partial charge in [0.1, 0.15) is 0 Å². The first kappa shape index (κ1) is 7.35. The summed E-state index contributed by atoms with van der Waals surface area (Å²) in [4.78, 5) is 0. The Morgan fingerprint density at radius 3 is 1.50 bits per heavy atom. The molecule has 0 saturated heterocycles. The number of hydrogen-bond donors (Lipinski definition) is 0. The molecule has 0 heterocycles. The highest BCUT2D eigenvalue weighted by molar-refractivity contribution is 9.23. The van der Waals surface area contributed by atoms with Crippen molar-refractivity contribution in [1.82, 2.24) is 0 Å². The standard InChI is InChI=1S/CH11BrSi4/c2-6-1(3,4)5/h6H2,3-5H3. The van der Waals surface area contributed by atoms with Gasteiger partial charge in [0.15, 0.2) is 0 Å². The van der Waals surface area contributed by atoms with Gasteiger partial charge in [-0.2, -0.15) is 0 Å². The van der Waals surface area contributed by atoms with E-state index in [1.807, 2.05) is 0 Å². The molecule has 0 aromatic rings. The first-order chi connectivity index (χ1) is 2.56. The maximum absolute atomic E-state index is 3.61. The van der Waals surface area contributed by atoms with Gasteiger partial charge in [-0.3, -0.25) is 0 Å². The van der Waals surface area contributed by atoms with E-state index in [0.717, 1.165) is 3.91 Å². The highest BCUT2D eigenvalue weighted by Crippen LogP contribution is 2.06. The van der Waals surface area contributed by atoms with E-state index in [2.05, 4.69) is 15.3 Å². The molecule has 0 aromatic heterocycles. The van der Waals surface area contributed by atoms with Crippen LogP contribution < -0.4 is 0 Å². The van der Waals surface area contributed by atoms with Crippen molar-refractivity contribution in [1.29, 1.82) is 0 Å². The summed E-state index contributed by atoms with van der Waals surface area (Å²) in [5, 5.41) is 0. The predicted octanol–water partition coefficient (Wildman–Crippen LogP) is -3.41. The summed E-state index contributed by atoms with van der Waals surface area (Å²) in [6.45, 7) is 0. The van der Waals surface area contributed by atoms with Crippen LogP contribution in [0.4, 0.5) is 0 Å². The Morgan fingerprint density at radius 1 is 1.33 bits per heavy atom. The summed E-state index contributed by atoms with van der Waals surface area (Å²) >= 11 is 3.61. The second kappa shape index (κ2) is 2.60. The largest absolute Gasteiger partial charge is 0.136 e. The smallest absolute Gasteiger partial charge is 0.0946 e. The summed E-state index contributed by atoms with van der Waals surface area (Å²) in [5.41, 5.74) is 0. The topological polar surface area (TPSA) is 0 Å². The van der Waals surface area contributed by atoms with Gasteiger partial charge in [-0.25, -0.2) is 0 Å². The third kappa shape index (κ3) is 5.35. The monoisotopic (exact) mass is 214 g/mol. The van der Waals surface area contributed by atoms with Crippen molar-refractivity contribution in [3.63, 3.8) is 0 Å². The molecule has 0 bridgehead atoms. The van der Waals surface area contributed by atoms with Crippen LogP contribution in [-0.4, -0.2) is 38.9 Å². The highest BCUT2D eigenvalue weighted by Gasteiger charge is 2.06. The summed E-state index contributed by atoms with van der Waals surface area (Å²) in [7, 11) is 4.65. The van der Waals surface area contributed by atoms with Crippen LogP contribution in [0, 0.1) is 0 Å². The molecule has 0 radical (unpaired) electrons. The molecule has 0 atom stereocenters. The Labute approximate surface area is 58.1 Å². The fourth-order valence-electron chi connectivity index (χ4n) is 0. The van der Waals surface area contributed by atoms with E-state index in [1.165, 1.54) is 30.7 Å². The van der Waals surface area contributed by atoms with Crippen LogP contribution >= 0.6 is 15.3 Å². The minimum atomic E-state index is 0.250. The van der Waals surface area contributed by atoms with Gasteiger partial charge in [0.2, 0.25) is 0 Å². The maximum Gasteiger partial charge on any atom is 0.0946 e. The van der Waals surface area contributed by atoms with Gasteiger partial charge in [-0.05, 0) is 30.7 Å². The van der Waals surface area contributed by atoms with Gasteiger partial charge >= 0.3 is 0 Å². The molecule has 0 nitrogen and oxygen atoms in total. The SMILES string of the molecule is [SiH3]C([SiH3])([SiH3])[SiH2]Br. The first-order valence-electron chi connectivity index (χ1n) is 2.12. The molecule has 6 heavy (non-hydrogen) atoms. The van der Waals surface area contributed by atoms with Gasteiger partial charge in [0, 0.05) is 0 Å². The normalized spacial score (nSPS) is 23.5. The molecule has 0 spiro atoms. The molecule has 5 heteroatoms. The molecule has 0 rings (SSSR count). The molecule has 0 amide bonds. The molecule has 0 saturated carbocycles.